The van der Waals surface area contributed by atoms with Gasteiger partial charge in [-0.05, 0) is 41.8 Å². The predicted octanol–water partition coefficient (Wildman–Crippen LogP) is 4.72. The van der Waals surface area contributed by atoms with Crippen molar-refractivity contribution in [2.45, 2.75) is 31.2 Å². The molecule has 1 atom stereocenters. The molecule has 0 saturated carbocycles. The third-order valence-electron chi connectivity index (χ3n) is 6.11. The first kappa shape index (κ1) is 25.3. The van der Waals surface area contributed by atoms with Gasteiger partial charge in [0.2, 0.25) is 5.91 Å². The van der Waals surface area contributed by atoms with Crippen LogP contribution < -0.4 is 5.32 Å². The number of benzene rings is 3. The van der Waals surface area contributed by atoms with Crippen LogP contribution in [0.5, 0.6) is 0 Å². The Morgan fingerprint density at radius 3 is 2.50 bits per heavy atom. The highest BCUT2D eigenvalue weighted by molar-refractivity contribution is 8.13. The van der Waals surface area contributed by atoms with Crippen LogP contribution in [-0.2, 0) is 21.9 Å². The summed E-state index contributed by atoms with van der Waals surface area (Å²) < 4.78 is 13.1. The third kappa shape index (κ3) is 5.47. The van der Waals surface area contributed by atoms with Crippen LogP contribution in [0.15, 0.2) is 82.8 Å². The molecule has 0 fully saturated rings. The number of fused-ring (bicyclic) bond motifs is 3. The second-order valence-electron chi connectivity index (χ2n) is 8.71. The van der Waals surface area contributed by atoms with Gasteiger partial charge in [-0.1, -0.05) is 48.2 Å². The van der Waals surface area contributed by atoms with E-state index in [1.165, 1.54) is 40.9 Å². The number of hydrogen-bond donors (Lipinski definition) is 1. The van der Waals surface area contributed by atoms with Gasteiger partial charge in [0.15, 0.2) is 5.17 Å². The fourth-order valence-corrected chi connectivity index (χ4v) is 5.06. The summed E-state index contributed by atoms with van der Waals surface area (Å²) in [5, 5.41) is 14.2. The standard InChI is InChI=1S/C27H22FN5O4S/c28-19-9-5-17(6-10-19)15-29-24(34)14-13-23-26(35)32-25(30-23)21-3-1-2-4-22(21)31-27(32)38-16-18-7-11-20(12-8-18)33(36)37/h1-12,23H,13-16H2,(H,29,34)/t23-/m0/s1. The van der Waals surface area contributed by atoms with Crippen molar-refractivity contribution < 1.29 is 18.9 Å². The number of nitrogens with one attached hydrogen (secondary N) is 1. The fraction of sp³-hybridized carbons (Fsp3) is 0.185. The van der Waals surface area contributed by atoms with E-state index in [2.05, 4.69) is 15.3 Å². The van der Waals surface area contributed by atoms with Gasteiger partial charge in [0.1, 0.15) is 17.7 Å². The van der Waals surface area contributed by atoms with Crippen molar-refractivity contribution in [1.29, 1.82) is 0 Å². The molecule has 0 unspecified atom stereocenters. The molecule has 1 N–H and O–H groups in total. The number of non-ortho nitro benzene ring substituents is 1. The van der Waals surface area contributed by atoms with E-state index in [0.29, 0.717) is 22.4 Å². The average Bonchev–Trinajstić information content (AvgIpc) is 3.27. The predicted molar refractivity (Wildman–Crippen MR) is 143 cm³/mol. The Labute approximate surface area is 221 Å². The van der Waals surface area contributed by atoms with E-state index in [0.717, 1.165) is 16.7 Å². The van der Waals surface area contributed by atoms with Crippen LogP contribution in [-0.4, -0.2) is 38.7 Å². The zero-order valence-corrected chi connectivity index (χ0v) is 20.9. The summed E-state index contributed by atoms with van der Waals surface area (Å²) in [5.74, 6) is 0.131. The number of nitrogens with zero attached hydrogens (tertiary/aromatic N) is 4. The van der Waals surface area contributed by atoms with Crippen LogP contribution in [0.2, 0.25) is 0 Å². The largest absolute Gasteiger partial charge is 0.352 e. The summed E-state index contributed by atoms with van der Waals surface area (Å²) in [6.45, 7) is 0.266. The van der Waals surface area contributed by atoms with Crippen molar-refractivity contribution in [3.63, 3.8) is 0 Å². The molecule has 2 amide bonds. The molecule has 2 aliphatic rings. The molecule has 38 heavy (non-hydrogen) atoms. The van der Waals surface area contributed by atoms with Gasteiger partial charge in [-0.25, -0.2) is 14.3 Å². The Bertz CT molecular complexity index is 1460. The van der Waals surface area contributed by atoms with Gasteiger partial charge in [0, 0.05) is 36.4 Å². The smallest absolute Gasteiger partial charge is 0.269 e. The minimum absolute atomic E-state index is 0.0105. The number of nitro groups is 1. The number of thioether (sulfide) groups is 1. The maximum Gasteiger partial charge on any atom is 0.269 e. The highest BCUT2D eigenvalue weighted by atomic mass is 32.2. The molecule has 0 bridgehead atoms. The number of amides is 2. The second kappa shape index (κ2) is 10.9. The van der Waals surface area contributed by atoms with Crippen LogP contribution in [0, 0.1) is 15.9 Å². The van der Waals surface area contributed by atoms with Crippen molar-refractivity contribution in [3.8, 4) is 0 Å². The molecule has 192 valence electrons. The van der Waals surface area contributed by atoms with Gasteiger partial charge in [0.05, 0.1) is 10.6 Å². The Morgan fingerprint density at radius 2 is 1.76 bits per heavy atom. The normalized spacial score (nSPS) is 15.9. The monoisotopic (exact) mass is 531 g/mol. The van der Waals surface area contributed by atoms with Crippen LogP contribution in [0.25, 0.3) is 0 Å². The molecule has 2 aliphatic heterocycles. The van der Waals surface area contributed by atoms with Crippen LogP contribution >= 0.6 is 11.8 Å². The molecular formula is C27H22FN5O4S. The number of hydrogen-bond acceptors (Lipinski definition) is 7. The van der Waals surface area contributed by atoms with Crippen LogP contribution in [0.1, 0.15) is 29.5 Å². The van der Waals surface area contributed by atoms with Gasteiger partial charge in [0.25, 0.3) is 11.6 Å². The zero-order chi connectivity index (χ0) is 26.6. The van der Waals surface area contributed by atoms with E-state index >= 15 is 0 Å². The van der Waals surface area contributed by atoms with E-state index in [1.807, 2.05) is 24.3 Å². The molecule has 0 radical (unpaired) electrons. The summed E-state index contributed by atoms with van der Waals surface area (Å²) in [6.07, 6.45) is 0.336. The van der Waals surface area contributed by atoms with E-state index in [1.54, 1.807) is 24.3 Å². The Morgan fingerprint density at radius 1 is 1.05 bits per heavy atom. The first-order chi connectivity index (χ1) is 18.4. The van der Waals surface area contributed by atoms with Gasteiger partial charge in [-0.2, -0.15) is 0 Å². The van der Waals surface area contributed by atoms with Gasteiger partial charge in [-0.15, -0.1) is 0 Å². The van der Waals surface area contributed by atoms with E-state index < -0.39 is 11.0 Å². The van der Waals surface area contributed by atoms with Crippen molar-refractivity contribution in [1.82, 2.24) is 10.2 Å². The molecule has 5 rings (SSSR count). The van der Waals surface area contributed by atoms with Crippen LogP contribution in [0.4, 0.5) is 15.8 Å². The Balaban J connectivity index is 1.26. The number of aliphatic imine (C=N–C) groups is 2. The summed E-state index contributed by atoms with van der Waals surface area (Å²) in [6, 6.07) is 18.8. The van der Waals surface area contributed by atoms with Crippen LogP contribution in [0.3, 0.4) is 0 Å². The SMILES string of the molecule is O=C(CC[C@@H]1N=C2c3ccccc3N=C(SCc3ccc([N+](=O)[O-])cc3)N2C1=O)NCc1ccc(F)cc1. The topological polar surface area (TPSA) is 117 Å². The molecule has 0 saturated heterocycles. The molecule has 3 aromatic rings. The molecule has 0 aromatic heterocycles. The van der Waals surface area contributed by atoms with E-state index in [4.69, 9.17) is 0 Å². The number of carbonyl (C=O) groups excluding carboxylic acids is 2. The van der Waals surface area contributed by atoms with E-state index in [-0.39, 0.29) is 42.7 Å². The average molecular weight is 532 g/mol. The highest BCUT2D eigenvalue weighted by Gasteiger charge is 2.41. The van der Waals surface area contributed by atoms with Crippen molar-refractivity contribution in [3.05, 3.63) is 105 Å². The number of carbonyl (C=O) groups is 2. The zero-order valence-electron chi connectivity index (χ0n) is 20.0. The highest BCUT2D eigenvalue weighted by Crippen LogP contribution is 2.35. The van der Waals surface area contributed by atoms with Gasteiger partial charge < -0.3 is 5.32 Å². The lowest BCUT2D eigenvalue weighted by atomic mass is 10.1. The minimum Gasteiger partial charge on any atom is -0.352 e. The molecule has 0 spiro atoms. The summed E-state index contributed by atoms with van der Waals surface area (Å²) in [4.78, 5) is 47.1. The van der Waals surface area contributed by atoms with Crippen molar-refractivity contribution >= 4 is 46.0 Å². The molecule has 9 nitrogen and oxygen atoms in total. The lowest BCUT2D eigenvalue weighted by molar-refractivity contribution is -0.384. The third-order valence-corrected chi connectivity index (χ3v) is 7.12. The number of rotatable bonds is 8. The summed E-state index contributed by atoms with van der Waals surface area (Å²) in [5.41, 5.74) is 3.07. The maximum atomic E-state index is 13.4. The van der Waals surface area contributed by atoms with Gasteiger partial charge in [-0.3, -0.25) is 24.7 Å². The number of amidine groups is 2. The number of nitro benzene ring substituents is 1. The molecule has 11 heteroatoms. The van der Waals surface area contributed by atoms with Gasteiger partial charge >= 0.3 is 0 Å². The molecule has 3 aromatic carbocycles. The second-order valence-corrected chi connectivity index (χ2v) is 9.65. The molecule has 0 aliphatic carbocycles. The molecular weight excluding hydrogens is 509 g/mol. The lowest BCUT2D eigenvalue weighted by Gasteiger charge is -2.25. The summed E-state index contributed by atoms with van der Waals surface area (Å²) in [7, 11) is 0. The Hall–Kier alpha value is -4.38. The quantitative estimate of drug-likeness (QED) is 0.333. The van der Waals surface area contributed by atoms with Crippen molar-refractivity contribution in [2.24, 2.45) is 9.98 Å². The maximum absolute atomic E-state index is 13.4. The number of para-hydroxylation sites is 1. The minimum atomic E-state index is -0.724. The first-order valence-electron chi connectivity index (χ1n) is 11.9. The molecule has 2 heterocycles. The summed E-state index contributed by atoms with van der Waals surface area (Å²) >= 11 is 1.34. The Kier molecular flexibility index (Phi) is 7.27. The fourth-order valence-electron chi connectivity index (χ4n) is 4.11. The van der Waals surface area contributed by atoms with E-state index in [9.17, 15) is 24.1 Å². The van der Waals surface area contributed by atoms with Crippen molar-refractivity contribution in [2.75, 3.05) is 0 Å². The first-order valence-corrected chi connectivity index (χ1v) is 12.8. The number of halogens is 1. The lowest BCUT2D eigenvalue weighted by Crippen LogP contribution is -2.41.